The molecule has 0 spiro atoms. The Balaban J connectivity index is 1.96. The maximum Gasteiger partial charge on any atom is 0.142 e. The fourth-order valence-corrected chi connectivity index (χ4v) is 1.88. The van der Waals surface area contributed by atoms with Gasteiger partial charge in [-0.2, -0.15) is 0 Å². The molecule has 0 bridgehead atoms. The monoisotopic (exact) mass is 217 g/mol. The smallest absolute Gasteiger partial charge is 0.142 e. The second-order valence-electron chi connectivity index (χ2n) is 4.89. The number of benzene rings is 1. The molecule has 2 rings (SSSR count). The number of ketones is 1. The number of carbonyl (C=O) groups excluding carboxylic acids is 1. The van der Waals surface area contributed by atoms with Gasteiger partial charge in [0.05, 0.1) is 0 Å². The zero-order valence-electron chi connectivity index (χ0n) is 9.99. The van der Waals surface area contributed by atoms with E-state index >= 15 is 0 Å². The van der Waals surface area contributed by atoms with E-state index < -0.39 is 0 Å². The number of hydrogen-bond acceptors (Lipinski definition) is 2. The van der Waals surface area contributed by atoms with Crippen LogP contribution in [0.2, 0.25) is 0 Å². The first kappa shape index (κ1) is 11.3. The quantitative estimate of drug-likeness (QED) is 0.837. The van der Waals surface area contributed by atoms with Gasteiger partial charge in [0.15, 0.2) is 0 Å². The van der Waals surface area contributed by atoms with Crippen LogP contribution in [0.5, 0.6) is 0 Å². The molecule has 16 heavy (non-hydrogen) atoms. The molecule has 1 aromatic rings. The summed E-state index contributed by atoms with van der Waals surface area (Å²) in [5.41, 5.74) is 2.47. The van der Waals surface area contributed by atoms with Crippen molar-refractivity contribution in [2.45, 2.75) is 26.2 Å². The second-order valence-corrected chi connectivity index (χ2v) is 4.89. The van der Waals surface area contributed by atoms with Crippen molar-refractivity contribution in [3.63, 3.8) is 0 Å². The first-order chi connectivity index (χ1) is 7.66. The molecule has 0 aromatic heterocycles. The minimum atomic E-state index is 0.254. The summed E-state index contributed by atoms with van der Waals surface area (Å²) >= 11 is 0. The van der Waals surface area contributed by atoms with Crippen molar-refractivity contribution >= 4 is 5.78 Å². The summed E-state index contributed by atoms with van der Waals surface area (Å²) in [6.45, 7) is 6.09. The lowest BCUT2D eigenvalue weighted by molar-refractivity contribution is -0.123. The van der Waals surface area contributed by atoms with Gasteiger partial charge in [-0.1, -0.05) is 38.1 Å². The summed E-state index contributed by atoms with van der Waals surface area (Å²) in [4.78, 5) is 11.8. The molecule has 2 heteroatoms. The van der Waals surface area contributed by atoms with Crippen LogP contribution in [-0.4, -0.2) is 18.9 Å². The van der Waals surface area contributed by atoms with Crippen molar-refractivity contribution in [3.05, 3.63) is 35.4 Å². The van der Waals surface area contributed by atoms with E-state index in [1.54, 1.807) is 0 Å². The van der Waals surface area contributed by atoms with Gasteiger partial charge in [-0.05, 0) is 17.0 Å². The Bertz CT molecular complexity index is 363. The number of hydrogen-bond donors (Lipinski definition) is 1. The highest BCUT2D eigenvalue weighted by atomic mass is 16.1. The Morgan fingerprint density at radius 1 is 1.31 bits per heavy atom. The molecule has 0 amide bonds. The van der Waals surface area contributed by atoms with Crippen molar-refractivity contribution < 1.29 is 4.79 Å². The maximum absolute atomic E-state index is 11.8. The summed E-state index contributed by atoms with van der Waals surface area (Å²) in [6.07, 6.45) is 0.588. The minimum Gasteiger partial charge on any atom is -0.315 e. The second kappa shape index (κ2) is 4.79. The fraction of sp³-hybridized carbons (Fsp3) is 0.500. The van der Waals surface area contributed by atoms with Crippen LogP contribution in [0.4, 0.5) is 0 Å². The summed E-state index contributed by atoms with van der Waals surface area (Å²) in [6, 6.07) is 8.43. The van der Waals surface area contributed by atoms with Gasteiger partial charge in [-0.3, -0.25) is 4.79 Å². The van der Waals surface area contributed by atoms with E-state index in [2.05, 4.69) is 43.4 Å². The Morgan fingerprint density at radius 3 is 2.38 bits per heavy atom. The van der Waals surface area contributed by atoms with E-state index in [1.807, 2.05) is 0 Å². The summed E-state index contributed by atoms with van der Waals surface area (Å²) < 4.78 is 0. The van der Waals surface area contributed by atoms with Gasteiger partial charge < -0.3 is 5.32 Å². The molecule has 1 aliphatic rings. The fourth-order valence-electron chi connectivity index (χ4n) is 1.88. The van der Waals surface area contributed by atoms with Gasteiger partial charge in [0.2, 0.25) is 0 Å². The van der Waals surface area contributed by atoms with Crippen LogP contribution in [0.3, 0.4) is 0 Å². The van der Waals surface area contributed by atoms with Gasteiger partial charge in [0, 0.05) is 25.4 Å². The van der Waals surface area contributed by atoms with E-state index in [4.69, 9.17) is 0 Å². The SMILES string of the molecule is CC(C)c1ccc(CC(=O)C2CNC2)cc1. The standard InChI is InChI=1S/C14H19NO/c1-10(2)12-5-3-11(4-6-12)7-14(16)13-8-15-9-13/h3-6,10,13,15H,7-9H2,1-2H3. The van der Waals surface area contributed by atoms with Gasteiger partial charge in [0.25, 0.3) is 0 Å². The zero-order chi connectivity index (χ0) is 11.5. The molecule has 1 aromatic carbocycles. The highest BCUT2D eigenvalue weighted by Crippen LogP contribution is 2.16. The Hall–Kier alpha value is -1.15. The Kier molecular flexibility index (Phi) is 3.39. The van der Waals surface area contributed by atoms with Crippen molar-refractivity contribution in [3.8, 4) is 0 Å². The third-order valence-corrected chi connectivity index (χ3v) is 3.26. The predicted octanol–water partition coefficient (Wildman–Crippen LogP) is 2.14. The molecule has 0 unspecified atom stereocenters. The van der Waals surface area contributed by atoms with Gasteiger partial charge >= 0.3 is 0 Å². The first-order valence-corrected chi connectivity index (χ1v) is 5.99. The molecule has 1 heterocycles. The van der Waals surface area contributed by atoms with Crippen LogP contribution < -0.4 is 5.32 Å². The predicted molar refractivity (Wildman–Crippen MR) is 65.6 cm³/mol. The van der Waals surface area contributed by atoms with Crippen molar-refractivity contribution in [1.29, 1.82) is 0 Å². The van der Waals surface area contributed by atoms with E-state index in [9.17, 15) is 4.79 Å². The molecule has 2 nitrogen and oxygen atoms in total. The van der Waals surface area contributed by atoms with E-state index in [0.29, 0.717) is 18.1 Å². The van der Waals surface area contributed by atoms with Gasteiger partial charge in [0.1, 0.15) is 5.78 Å². The van der Waals surface area contributed by atoms with Crippen LogP contribution in [0.1, 0.15) is 30.9 Å². The normalized spacial score (nSPS) is 16.2. The number of rotatable bonds is 4. The van der Waals surface area contributed by atoms with E-state index in [0.717, 1.165) is 18.7 Å². The average molecular weight is 217 g/mol. The van der Waals surface area contributed by atoms with Crippen LogP contribution in [-0.2, 0) is 11.2 Å². The van der Waals surface area contributed by atoms with Crippen LogP contribution in [0.15, 0.2) is 24.3 Å². The lowest BCUT2D eigenvalue weighted by Gasteiger charge is -2.25. The lowest BCUT2D eigenvalue weighted by atomic mass is 9.92. The minimum absolute atomic E-state index is 0.254. The van der Waals surface area contributed by atoms with Crippen LogP contribution in [0.25, 0.3) is 0 Å². The number of Topliss-reactive ketones (excluding diaryl/α,β-unsaturated/α-hetero) is 1. The molecule has 1 fully saturated rings. The molecule has 0 atom stereocenters. The summed E-state index contributed by atoms with van der Waals surface area (Å²) in [5.74, 6) is 1.18. The van der Waals surface area contributed by atoms with E-state index in [-0.39, 0.29) is 5.92 Å². The first-order valence-electron chi connectivity index (χ1n) is 5.99. The number of nitrogens with one attached hydrogen (secondary N) is 1. The molecule has 1 aliphatic heterocycles. The Labute approximate surface area is 97.1 Å². The van der Waals surface area contributed by atoms with Crippen LogP contribution in [0, 0.1) is 5.92 Å². The Morgan fingerprint density at radius 2 is 1.94 bits per heavy atom. The van der Waals surface area contributed by atoms with E-state index in [1.165, 1.54) is 5.56 Å². The van der Waals surface area contributed by atoms with Crippen LogP contribution >= 0.6 is 0 Å². The molecule has 0 saturated carbocycles. The van der Waals surface area contributed by atoms with Gasteiger partial charge in [-0.15, -0.1) is 0 Å². The highest BCUT2D eigenvalue weighted by Gasteiger charge is 2.24. The molecular formula is C14H19NO. The highest BCUT2D eigenvalue weighted by molar-refractivity contribution is 5.84. The molecule has 0 radical (unpaired) electrons. The van der Waals surface area contributed by atoms with Crippen molar-refractivity contribution in [1.82, 2.24) is 5.32 Å². The van der Waals surface area contributed by atoms with Crippen molar-refractivity contribution in [2.24, 2.45) is 5.92 Å². The van der Waals surface area contributed by atoms with Gasteiger partial charge in [-0.25, -0.2) is 0 Å². The summed E-state index contributed by atoms with van der Waals surface area (Å²) in [7, 11) is 0. The average Bonchev–Trinajstić information content (AvgIpc) is 2.15. The molecule has 1 N–H and O–H groups in total. The largest absolute Gasteiger partial charge is 0.315 e. The molecule has 1 saturated heterocycles. The molecule has 86 valence electrons. The maximum atomic E-state index is 11.8. The molecule has 0 aliphatic carbocycles. The number of carbonyl (C=O) groups is 1. The topological polar surface area (TPSA) is 29.1 Å². The van der Waals surface area contributed by atoms with Crippen molar-refractivity contribution in [2.75, 3.05) is 13.1 Å². The zero-order valence-corrected chi connectivity index (χ0v) is 9.99. The summed E-state index contributed by atoms with van der Waals surface area (Å²) in [5, 5.41) is 3.13. The third kappa shape index (κ3) is 2.50. The lowest BCUT2D eigenvalue weighted by Crippen LogP contribution is -2.47. The third-order valence-electron chi connectivity index (χ3n) is 3.26. The molecular weight excluding hydrogens is 198 g/mol.